The van der Waals surface area contributed by atoms with E-state index in [1.165, 1.54) is 27.8 Å². The molecule has 0 aliphatic heterocycles. The Morgan fingerprint density at radius 3 is 2.59 bits per heavy atom. The molecule has 0 bridgehead atoms. The summed E-state index contributed by atoms with van der Waals surface area (Å²) in [6, 6.07) is 12.0. The van der Waals surface area contributed by atoms with Gasteiger partial charge < -0.3 is 0 Å². The summed E-state index contributed by atoms with van der Waals surface area (Å²) in [6.45, 7) is 6.32. The van der Waals surface area contributed by atoms with Crippen LogP contribution in [0.15, 0.2) is 47.4 Å². The Kier molecular flexibility index (Phi) is 5.59. The lowest BCUT2D eigenvalue weighted by molar-refractivity contribution is 0.102. The van der Waals surface area contributed by atoms with Crippen LogP contribution in [0, 0.1) is 6.92 Å². The number of benzene rings is 2. The summed E-state index contributed by atoms with van der Waals surface area (Å²) in [7, 11) is -3.62. The van der Waals surface area contributed by atoms with Crippen LogP contribution in [0.1, 0.15) is 29.8 Å². The quantitative estimate of drug-likeness (QED) is 0.677. The first-order valence-electron chi connectivity index (χ1n) is 8.64. The van der Waals surface area contributed by atoms with Crippen molar-refractivity contribution >= 4 is 42.6 Å². The monoisotopic (exact) mass is 403 g/mol. The Morgan fingerprint density at radius 1 is 1.15 bits per heavy atom. The fourth-order valence-electron chi connectivity index (χ4n) is 2.76. The number of carbonyl (C=O) groups excluding carboxylic acids is 1. The molecular weight excluding hydrogens is 382 g/mol. The second-order valence-electron chi connectivity index (χ2n) is 6.06. The summed E-state index contributed by atoms with van der Waals surface area (Å²) in [5.74, 6) is -0.387. The van der Waals surface area contributed by atoms with E-state index in [1.54, 1.807) is 26.0 Å². The predicted molar refractivity (Wildman–Crippen MR) is 109 cm³/mol. The zero-order valence-corrected chi connectivity index (χ0v) is 17.0. The molecule has 0 radical (unpaired) electrons. The molecule has 2 aromatic carbocycles. The number of hydrogen-bond donors (Lipinski definition) is 1. The molecule has 0 spiro atoms. The van der Waals surface area contributed by atoms with E-state index in [9.17, 15) is 13.2 Å². The highest BCUT2D eigenvalue weighted by molar-refractivity contribution is 7.89. The third-order valence-electron chi connectivity index (χ3n) is 4.20. The van der Waals surface area contributed by atoms with Crippen molar-refractivity contribution in [2.75, 3.05) is 18.4 Å². The van der Waals surface area contributed by atoms with E-state index >= 15 is 0 Å². The summed E-state index contributed by atoms with van der Waals surface area (Å²) < 4.78 is 27.7. The molecule has 3 aromatic rings. The van der Waals surface area contributed by atoms with E-state index < -0.39 is 10.0 Å². The average Bonchev–Trinajstić information content (AvgIpc) is 3.03. The Balaban J connectivity index is 1.86. The number of nitrogens with zero attached hydrogens (tertiary/aromatic N) is 2. The van der Waals surface area contributed by atoms with Gasteiger partial charge in [0.2, 0.25) is 10.0 Å². The van der Waals surface area contributed by atoms with Gasteiger partial charge >= 0.3 is 0 Å². The van der Waals surface area contributed by atoms with Crippen LogP contribution in [0.2, 0.25) is 0 Å². The van der Waals surface area contributed by atoms with Gasteiger partial charge in [-0.05, 0) is 42.8 Å². The molecule has 1 heterocycles. The van der Waals surface area contributed by atoms with Crippen molar-refractivity contribution in [3.63, 3.8) is 0 Å². The first kappa shape index (κ1) is 19.5. The zero-order chi connectivity index (χ0) is 19.6. The van der Waals surface area contributed by atoms with Gasteiger partial charge in [-0.15, -0.1) is 0 Å². The second kappa shape index (κ2) is 7.75. The van der Waals surface area contributed by atoms with Gasteiger partial charge in [-0.25, -0.2) is 13.4 Å². The highest BCUT2D eigenvalue weighted by Gasteiger charge is 2.22. The van der Waals surface area contributed by atoms with E-state index in [4.69, 9.17) is 0 Å². The summed E-state index contributed by atoms with van der Waals surface area (Å²) in [6.07, 6.45) is 0. The van der Waals surface area contributed by atoms with Gasteiger partial charge in [-0.1, -0.05) is 37.3 Å². The molecule has 0 unspecified atom stereocenters. The summed E-state index contributed by atoms with van der Waals surface area (Å²) in [5, 5.41) is 3.25. The Labute approximate surface area is 162 Å². The number of hydrogen-bond acceptors (Lipinski definition) is 5. The minimum atomic E-state index is -3.62. The van der Waals surface area contributed by atoms with Crippen molar-refractivity contribution in [1.29, 1.82) is 0 Å². The van der Waals surface area contributed by atoms with Crippen LogP contribution in [0.5, 0.6) is 0 Å². The molecule has 0 fully saturated rings. The third-order valence-corrected chi connectivity index (χ3v) is 7.18. The van der Waals surface area contributed by atoms with E-state index in [0.29, 0.717) is 18.2 Å². The Hall–Kier alpha value is -2.29. The van der Waals surface area contributed by atoms with Gasteiger partial charge in [0, 0.05) is 18.7 Å². The fourth-order valence-corrected chi connectivity index (χ4v) is 5.23. The molecule has 0 saturated carbocycles. The van der Waals surface area contributed by atoms with Gasteiger partial charge in [0.25, 0.3) is 5.91 Å². The maximum absolute atomic E-state index is 12.7. The number of fused-ring (bicyclic) bond motifs is 1. The highest BCUT2D eigenvalue weighted by atomic mass is 32.2. The maximum Gasteiger partial charge on any atom is 0.257 e. The molecule has 0 atom stereocenters. The number of aryl methyl sites for hydroxylation is 1. The molecule has 1 amide bonds. The number of nitrogens with one attached hydrogen (secondary N) is 1. The number of anilines is 1. The Morgan fingerprint density at radius 2 is 1.89 bits per heavy atom. The van der Waals surface area contributed by atoms with Gasteiger partial charge in [-0.2, -0.15) is 4.31 Å². The lowest BCUT2D eigenvalue weighted by atomic mass is 10.2. The second-order valence-corrected chi connectivity index (χ2v) is 9.03. The number of rotatable bonds is 6. The number of carbonyl (C=O) groups is 1. The summed E-state index contributed by atoms with van der Waals surface area (Å²) in [5.41, 5.74) is 2.22. The minimum Gasteiger partial charge on any atom is -0.298 e. The molecule has 142 valence electrons. The van der Waals surface area contributed by atoms with Gasteiger partial charge in [0.1, 0.15) is 0 Å². The third kappa shape index (κ3) is 4.02. The number of thiazole rings is 1. The largest absolute Gasteiger partial charge is 0.298 e. The minimum absolute atomic E-state index is 0.110. The van der Waals surface area contributed by atoms with Gasteiger partial charge in [0.05, 0.1) is 15.1 Å². The normalized spacial score (nSPS) is 11.9. The average molecular weight is 404 g/mol. The van der Waals surface area contributed by atoms with E-state index in [-0.39, 0.29) is 16.4 Å². The van der Waals surface area contributed by atoms with Crippen LogP contribution >= 0.6 is 11.3 Å². The lowest BCUT2D eigenvalue weighted by Crippen LogP contribution is -2.30. The molecule has 6 nitrogen and oxygen atoms in total. The molecule has 8 heteroatoms. The van der Waals surface area contributed by atoms with E-state index in [2.05, 4.69) is 10.3 Å². The van der Waals surface area contributed by atoms with Crippen molar-refractivity contribution in [3.05, 3.63) is 53.6 Å². The van der Waals surface area contributed by atoms with Crippen molar-refractivity contribution < 1.29 is 13.2 Å². The van der Waals surface area contributed by atoms with Gasteiger partial charge in [-0.3, -0.25) is 10.1 Å². The fraction of sp³-hybridized carbons (Fsp3) is 0.263. The Bertz CT molecular complexity index is 1090. The van der Waals surface area contributed by atoms with Crippen LogP contribution in [-0.2, 0) is 10.0 Å². The molecule has 0 aliphatic carbocycles. The van der Waals surface area contributed by atoms with Crippen molar-refractivity contribution in [2.24, 2.45) is 0 Å². The first-order valence-corrected chi connectivity index (χ1v) is 10.9. The number of sulfonamides is 1. The van der Waals surface area contributed by atoms with Crippen LogP contribution < -0.4 is 5.32 Å². The van der Waals surface area contributed by atoms with Crippen LogP contribution in [-0.4, -0.2) is 36.7 Å². The van der Waals surface area contributed by atoms with E-state index in [0.717, 1.165) is 15.8 Å². The molecule has 1 N–H and O–H groups in total. The predicted octanol–water partition coefficient (Wildman–Crippen LogP) is 3.89. The molecule has 1 aromatic heterocycles. The van der Waals surface area contributed by atoms with Gasteiger partial charge in [0.15, 0.2) is 5.13 Å². The number of amides is 1. The topological polar surface area (TPSA) is 79.4 Å². The molecule has 0 aliphatic rings. The van der Waals surface area contributed by atoms with Crippen molar-refractivity contribution in [2.45, 2.75) is 25.7 Å². The van der Waals surface area contributed by atoms with Crippen LogP contribution in [0.25, 0.3) is 10.2 Å². The van der Waals surface area contributed by atoms with E-state index in [1.807, 2.05) is 25.1 Å². The number of aromatic nitrogens is 1. The summed E-state index contributed by atoms with van der Waals surface area (Å²) in [4.78, 5) is 17.1. The standard InChI is InChI=1S/C19H21N3O3S2/c1-4-22(5-2)27(24,25)15-8-6-7-14(12-15)18(23)21-19-20-16-10-9-13(3)11-17(16)26-19/h6-12H,4-5H2,1-3H3,(H,20,21,23). The lowest BCUT2D eigenvalue weighted by Gasteiger charge is -2.18. The zero-order valence-electron chi connectivity index (χ0n) is 15.4. The van der Waals surface area contributed by atoms with Crippen LogP contribution in [0.3, 0.4) is 0 Å². The highest BCUT2D eigenvalue weighted by Crippen LogP contribution is 2.27. The maximum atomic E-state index is 12.7. The smallest absolute Gasteiger partial charge is 0.257 e. The first-order chi connectivity index (χ1) is 12.8. The van der Waals surface area contributed by atoms with Crippen molar-refractivity contribution in [1.82, 2.24) is 9.29 Å². The molecule has 27 heavy (non-hydrogen) atoms. The SMILES string of the molecule is CCN(CC)S(=O)(=O)c1cccc(C(=O)Nc2nc3ccc(C)cc3s2)c1. The van der Waals surface area contributed by atoms with Crippen molar-refractivity contribution in [3.8, 4) is 0 Å². The molecule has 0 saturated heterocycles. The summed E-state index contributed by atoms with van der Waals surface area (Å²) >= 11 is 1.39. The van der Waals surface area contributed by atoms with Crippen LogP contribution in [0.4, 0.5) is 5.13 Å². The molecular formula is C19H21N3O3S2. The molecule has 3 rings (SSSR count).